The fourth-order valence-corrected chi connectivity index (χ4v) is 1.95. The molecule has 2 aromatic rings. The molecule has 2 rings (SSSR count). The van der Waals surface area contributed by atoms with Gasteiger partial charge in [-0.1, -0.05) is 58.4 Å². The molecule has 3 heteroatoms. The molecule has 82 valence electrons. The van der Waals surface area contributed by atoms with Crippen LogP contribution in [0.1, 0.15) is 17.2 Å². The normalized spacial score (nSPS) is 12.4. The molecule has 0 radical (unpaired) electrons. The van der Waals surface area contributed by atoms with Crippen LogP contribution in [0.15, 0.2) is 59.1 Å². The smallest absolute Gasteiger partial charge is 0.0710 e. The van der Waals surface area contributed by atoms with Gasteiger partial charge in [-0.25, -0.2) is 5.43 Å². The first-order valence-electron chi connectivity index (χ1n) is 5.08. The van der Waals surface area contributed by atoms with Gasteiger partial charge in [0.05, 0.1) is 6.04 Å². The molecule has 0 amide bonds. The van der Waals surface area contributed by atoms with E-state index in [0.717, 1.165) is 15.6 Å². The number of rotatable bonds is 3. The van der Waals surface area contributed by atoms with Gasteiger partial charge in [0.15, 0.2) is 0 Å². The molecule has 0 aliphatic carbocycles. The summed E-state index contributed by atoms with van der Waals surface area (Å²) in [6.45, 7) is 0. The Kier molecular flexibility index (Phi) is 3.72. The van der Waals surface area contributed by atoms with Crippen molar-refractivity contribution in [2.45, 2.75) is 6.04 Å². The summed E-state index contributed by atoms with van der Waals surface area (Å²) in [4.78, 5) is 0. The minimum atomic E-state index is 0.0364. The topological polar surface area (TPSA) is 38.0 Å². The number of hydrogen-bond acceptors (Lipinski definition) is 2. The maximum absolute atomic E-state index is 5.61. The first-order chi connectivity index (χ1) is 7.81. The lowest BCUT2D eigenvalue weighted by atomic mass is 10.00. The number of benzene rings is 2. The highest BCUT2D eigenvalue weighted by atomic mass is 79.9. The zero-order valence-corrected chi connectivity index (χ0v) is 10.3. The molecule has 2 aromatic carbocycles. The van der Waals surface area contributed by atoms with Crippen LogP contribution in [0, 0.1) is 0 Å². The molecule has 0 saturated heterocycles. The summed E-state index contributed by atoms with van der Waals surface area (Å²) in [6.07, 6.45) is 0. The van der Waals surface area contributed by atoms with Gasteiger partial charge in [0.25, 0.3) is 0 Å². The third kappa shape index (κ3) is 2.50. The van der Waals surface area contributed by atoms with E-state index < -0.39 is 0 Å². The Balaban J connectivity index is 2.33. The second kappa shape index (κ2) is 5.25. The summed E-state index contributed by atoms with van der Waals surface area (Å²) in [5.74, 6) is 5.61. The zero-order valence-electron chi connectivity index (χ0n) is 8.73. The van der Waals surface area contributed by atoms with Gasteiger partial charge in [-0.05, 0) is 23.3 Å². The van der Waals surface area contributed by atoms with Crippen molar-refractivity contribution in [2.75, 3.05) is 0 Å². The Labute approximate surface area is 104 Å². The minimum Gasteiger partial charge on any atom is -0.271 e. The fraction of sp³-hybridized carbons (Fsp3) is 0.0769. The second-order valence-electron chi connectivity index (χ2n) is 3.56. The second-order valence-corrected chi connectivity index (χ2v) is 4.48. The van der Waals surface area contributed by atoms with Crippen LogP contribution in [0.2, 0.25) is 0 Å². The van der Waals surface area contributed by atoms with E-state index in [1.165, 1.54) is 0 Å². The summed E-state index contributed by atoms with van der Waals surface area (Å²) in [5, 5.41) is 0. The fourth-order valence-electron chi connectivity index (χ4n) is 1.69. The molecule has 0 spiro atoms. The largest absolute Gasteiger partial charge is 0.271 e. The van der Waals surface area contributed by atoms with Crippen molar-refractivity contribution < 1.29 is 0 Å². The van der Waals surface area contributed by atoms with Crippen LogP contribution in [0.4, 0.5) is 0 Å². The van der Waals surface area contributed by atoms with Crippen LogP contribution in [0.25, 0.3) is 0 Å². The highest BCUT2D eigenvalue weighted by Crippen LogP contribution is 2.22. The Morgan fingerprint density at radius 1 is 0.875 bits per heavy atom. The Bertz CT molecular complexity index is 439. The maximum atomic E-state index is 5.61. The maximum Gasteiger partial charge on any atom is 0.0710 e. The van der Waals surface area contributed by atoms with Crippen molar-refractivity contribution in [1.82, 2.24) is 5.43 Å². The van der Waals surface area contributed by atoms with E-state index in [2.05, 4.69) is 45.6 Å². The van der Waals surface area contributed by atoms with E-state index in [0.29, 0.717) is 0 Å². The molecule has 16 heavy (non-hydrogen) atoms. The predicted octanol–water partition coefficient (Wildman–Crippen LogP) is 3.00. The number of nitrogens with two attached hydrogens (primary N) is 1. The molecule has 0 saturated carbocycles. The predicted molar refractivity (Wildman–Crippen MR) is 69.8 cm³/mol. The Morgan fingerprint density at radius 3 is 2.00 bits per heavy atom. The van der Waals surface area contributed by atoms with Gasteiger partial charge < -0.3 is 0 Å². The van der Waals surface area contributed by atoms with Gasteiger partial charge in [0.2, 0.25) is 0 Å². The molecule has 0 aromatic heterocycles. The van der Waals surface area contributed by atoms with Crippen LogP contribution in [0.3, 0.4) is 0 Å². The van der Waals surface area contributed by atoms with Crippen molar-refractivity contribution in [3.8, 4) is 0 Å². The number of nitrogens with one attached hydrogen (secondary N) is 1. The van der Waals surface area contributed by atoms with Gasteiger partial charge in [0, 0.05) is 4.47 Å². The van der Waals surface area contributed by atoms with Crippen LogP contribution in [0.5, 0.6) is 0 Å². The third-order valence-corrected chi connectivity index (χ3v) is 3.03. The average Bonchev–Trinajstić information content (AvgIpc) is 2.34. The van der Waals surface area contributed by atoms with E-state index in [9.17, 15) is 0 Å². The summed E-state index contributed by atoms with van der Waals surface area (Å²) in [6, 6.07) is 18.3. The first-order valence-corrected chi connectivity index (χ1v) is 5.87. The average molecular weight is 277 g/mol. The molecule has 0 aliphatic rings. The number of halogens is 1. The van der Waals surface area contributed by atoms with E-state index in [4.69, 9.17) is 5.84 Å². The van der Waals surface area contributed by atoms with Crippen molar-refractivity contribution in [1.29, 1.82) is 0 Å². The Morgan fingerprint density at radius 2 is 1.44 bits per heavy atom. The molecule has 0 unspecified atom stereocenters. The summed E-state index contributed by atoms with van der Waals surface area (Å²) >= 11 is 3.42. The van der Waals surface area contributed by atoms with Crippen molar-refractivity contribution in [3.05, 3.63) is 70.2 Å². The highest BCUT2D eigenvalue weighted by molar-refractivity contribution is 9.10. The van der Waals surface area contributed by atoms with Gasteiger partial charge >= 0.3 is 0 Å². The first kappa shape index (κ1) is 11.3. The van der Waals surface area contributed by atoms with Gasteiger partial charge in [0.1, 0.15) is 0 Å². The van der Waals surface area contributed by atoms with E-state index in [1.54, 1.807) is 0 Å². The monoisotopic (exact) mass is 276 g/mol. The lowest BCUT2D eigenvalue weighted by Gasteiger charge is -2.16. The SMILES string of the molecule is NN[C@H](c1ccccc1)c1ccc(Br)cc1. The molecule has 0 aliphatic heterocycles. The van der Waals surface area contributed by atoms with Crippen LogP contribution < -0.4 is 11.3 Å². The quantitative estimate of drug-likeness (QED) is 0.668. The molecular formula is C13H13BrN2. The molecule has 0 fully saturated rings. The summed E-state index contributed by atoms with van der Waals surface area (Å²) < 4.78 is 1.07. The molecule has 2 nitrogen and oxygen atoms in total. The molecule has 3 N–H and O–H groups in total. The van der Waals surface area contributed by atoms with Crippen molar-refractivity contribution >= 4 is 15.9 Å². The number of hydrogen-bond donors (Lipinski definition) is 2. The third-order valence-electron chi connectivity index (χ3n) is 2.50. The van der Waals surface area contributed by atoms with Gasteiger partial charge in [-0.2, -0.15) is 0 Å². The highest BCUT2D eigenvalue weighted by Gasteiger charge is 2.10. The summed E-state index contributed by atoms with van der Waals surface area (Å²) in [5.41, 5.74) is 5.15. The van der Waals surface area contributed by atoms with E-state index in [-0.39, 0.29) is 6.04 Å². The Hall–Kier alpha value is -1.16. The molecule has 0 bridgehead atoms. The van der Waals surface area contributed by atoms with E-state index >= 15 is 0 Å². The standard InChI is InChI=1S/C13H13BrN2/c14-12-8-6-11(7-9-12)13(16-15)10-4-2-1-3-5-10/h1-9,13,16H,15H2/t13-/m1/s1. The number of hydrazine groups is 1. The van der Waals surface area contributed by atoms with Crippen LogP contribution in [-0.2, 0) is 0 Å². The lowest BCUT2D eigenvalue weighted by molar-refractivity contribution is 0.637. The van der Waals surface area contributed by atoms with Crippen LogP contribution >= 0.6 is 15.9 Å². The summed E-state index contributed by atoms with van der Waals surface area (Å²) in [7, 11) is 0. The van der Waals surface area contributed by atoms with Gasteiger partial charge in [-0.3, -0.25) is 5.84 Å². The van der Waals surface area contributed by atoms with Crippen LogP contribution in [-0.4, -0.2) is 0 Å². The lowest BCUT2D eigenvalue weighted by Crippen LogP contribution is -2.28. The molecule has 0 heterocycles. The van der Waals surface area contributed by atoms with Crippen molar-refractivity contribution in [3.63, 3.8) is 0 Å². The zero-order chi connectivity index (χ0) is 11.4. The van der Waals surface area contributed by atoms with Gasteiger partial charge in [-0.15, -0.1) is 0 Å². The molecule has 1 atom stereocenters. The minimum absolute atomic E-state index is 0.0364. The van der Waals surface area contributed by atoms with E-state index in [1.807, 2.05) is 30.3 Å². The van der Waals surface area contributed by atoms with Crippen molar-refractivity contribution in [2.24, 2.45) is 5.84 Å². The molecular weight excluding hydrogens is 264 g/mol.